The standard InChI is InChI=1S/C11H14ClNO4/c1-7-3-2-4-8(13(16)17)10(7)11(15)9(14)5-6-12/h2-4,9,11,14-15H,5-6H2,1H3. The molecule has 0 bridgehead atoms. The summed E-state index contributed by atoms with van der Waals surface area (Å²) < 4.78 is 0. The van der Waals surface area contributed by atoms with Crippen LogP contribution in [0.2, 0.25) is 0 Å². The normalized spacial score (nSPS) is 14.4. The SMILES string of the molecule is Cc1cccc([N+](=O)[O-])c1C(O)C(O)CCCl. The van der Waals surface area contributed by atoms with Crippen LogP contribution in [0.25, 0.3) is 0 Å². The van der Waals surface area contributed by atoms with E-state index in [1.54, 1.807) is 13.0 Å². The summed E-state index contributed by atoms with van der Waals surface area (Å²) in [4.78, 5) is 10.3. The van der Waals surface area contributed by atoms with Gasteiger partial charge < -0.3 is 10.2 Å². The molecule has 0 amide bonds. The number of halogens is 1. The number of hydrogen-bond acceptors (Lipinski definition) is 4. The number of aryl methyl sites for hydroxylation is 1. The van der Waals surface area contributed by atoms with Gasteiger partial charge in [0.15, 0.2) is 0 Å². The van der Waals surface area contributed by atoms with E-state index in [-0.39, 0.29) is 23.6 Å². The molecule has 0 aliphatic rings. The quantitative estimate of drug-likeness (QED) is 0.481. The molecule has 1 aromatic carbocycles. The molecule has 0 aromatic heterocycles. The van der Waals surface area contributed by atoms with Gasteiger partial charge in [-0.05, 0) is 18.9 Å². The highest BCUT2D eigenvalue weighted by Gasteiger charge is 2.27. The zero-order chi connectivity index (χ0) is 13.0. The van der Waals surface area contributed by atoms with Crippen molar-refractivity contribution in [3.8, 4) is 0 Å². The monoisotopic (exact) mass is 259 g/mol. The molecule has 0 heterocycles. The second kappa shape index (κ2) is 5.95. The van der Waals surface area contributed by atoms with Crippen molar-refractivity contribution in [2.75, 3.05) is 5.88 Å². The molecule has 94 valence electrons. The van der Waals surface area contributed by atoms with Gasteiger partial charge in [0.1, 0.15) is 6.10 Å². The summed E-state index contributed by atoms with van der Waals surface area (Å²) in [6.45, 7) is 1.65. The Bertz CT molecular complexity index is 410. The minimum Gasteiger partial charge on any atom is -0.390 e. The van der Waals surface area contributed by atoms with Gasteiger partial charge in [0.2, 0.25) is 0 Å². The van der Waals surface area contributed by atoms with E-state index >= 15 is 0 Å². The Morgan fingerprint density at radius 2 is 2.12 bits per heavy atom. The Hall–Kier alpha value is -1.17. The molecule has 17 heavy (non-hydrogen) atoms. The molecule has 5 nitrogen and oxygen atoms in total. The van der Waals surface area contributed by atoms with Crippen molar-refractivity contribution >= 4 is 17.3 Å². The molecule has 6 heteroatoms. The van der Waals surface area contributed by atoms with Gasteiger partial charge >= 0.3 is 0 Å². The van der Waals surface area contributed by atoms with Crippen LogP contribution in [0.1, 0.15) is 23.7 Å². The maximum absolute atomic E-state index is 10.8. The Kier molecular flexibility index (Phi) is 4.86. The lowest BCUT2D eigenvalue weighted by Crippen LogP contribution is -2.20. The summed E-state index contributed by atoms with van der Waals surface area (Å²) in [6, 6.07) is 4.50. The van der Waals surface area contributed by atoms with Gasteiger partial charge in [-0.25, -0.2) is 0 Å². The molecule has 2 atom stereocenters. The van der Waals surface area contributed by atoms with Crippen LogP contribution in [0.5, 0.6) is 0 Å². The predicted molar refractivity (Wildman–Crippen MR) is 64.1 cm³/mol. The fourth-order valence-electron chi connectivity index (χ4n) is 1.67. The van der Waals surface area contributed by atoms with E-state index in [9.17, 15) is 20.3 Å². The minimum absolute atomic E-state index is 0.148. The first kappa shape index (κ1) is 13.9. The highest BCUT2D eigenvalue weighted by atomic mass is 35.5. The van der Waals surface area contributed by atoms with E-state index in [0.717, 1.165) is 0 Å². The van der Waals surface area contributed by atoms with E-state index < -0.39 is 17.1 Å². The summed E-state index contributed by atoms with van der Waals surface area (Å²) in [5.74, 6) is 0.178. The molecule has 2 unspecified atom stereocenters. The van der Waals surface area contributed by atoms with Gasteiger partial charge in [0, 0.05) is 11.9 Å². The van der Waals surface area contributed by atoms with Crippen molar-refractivity contribution in [1.29, 1.82) is 0 Å². The fraction of sp³-hybridized carbons (Fsp3) is 0.455. The predicted octanol–water partition coefficient (Wildman–Crippen LogP) is 1.93. The van der Waals surface area contributed by atoms with Crippen molar-refractivity contribution in [2.45, 2.75) is 25.6 Å². The Labute approximate surface area is 104 Å². The number of hydrogen-bond donors (Lipinski definition) is 2. The maximum Gasteiger partial charge on any atom is 0.275 e. The Balaban J connectivity index is 3.15. The number of benzene rings is 1. The Morgan fingerprint density at radius 3 is 2.65 bits per heavy atom. The molecule has 0 spiro atoms. The van der Waals surface area contributed by atoms with E-state index in [1.807, 2.05) is 0 Å². The molecule has 0 fully saturated rings. The number of aliphatic hydroxyl groups is 2. The molecule has 0 aliphatic heterocycles. The topological polar surface area (TPSA) is 83.6 Å². The van der Waals surface area contributed by atoms with Crippen LogP contribution in [0.3, 0.4) is 0 Å². The zero-order valence-corrected chi connectivity index (χ0v) is 10.1. The van der Waals surface area contributed by atoms with Crippen molar-refractivity contribution in [3.05, 3.63) is 39.4 Å². The molecule has 0 saturated carbocycles. The van der Waals surface area contributed by atoms with E-state index in [0.29, 0.717) is 5.56 Å². The second-order valence-electron chi connectivity index (χ2n) is 3.75. The van der Waals surface area contributed by atoms with Crippen LogP contribution in [0.15, 0.2) is 18.2 Å². The van der Waals surface area contributed by atoms with Crippen LogP contribution in [0, 0.1) is 17.0 Å². The van der Waals surface area contributed by atoms with Gasteiger partial charge in [0.25, 0.3) is 5.69 Å². The number of nitro groups is 1. The summed E-state index contributed by atoms with van der Waals surface area (Å²) in [7, 11) is 0. The lowest BCUT2D eigenvalue weighted by Gasteiger charge is -2.18. The third-order valence-corrected chi connectivity index (χ3v) is 2.78. The number of alkyl halides is 1. The van der Waals surface area contributed by atoms with Crippen molar-refractivity contribution in [2.24, 2.45) is 0 Å². The summed E-state index contributed by atoms with van der Waals surface area (Å²) >= 11 is 5.47. The maximum atomic E-state index is 10.8. The van der Waals surface area contributed by atoms with Crippen LogP contribution in [-0.2, 0) is 0 Å². The summed E-state index contributed by atoms with van der Waals surface area (Å²) in [5.41, 5.74) is 0.529. The van der Waals surface area contributed by atoms with Gasteiger partial charge in [0.05, 0.1) is 16.6 Å². The highest BCUT2D eigenvalue weighted by molar-refractivity contribution is 6.17. The van der Waals surface area contributed by atoms with Gasteiger partial charge in [-0.2, -0.15) is 0 Å². The van der Waals surface area contributed by atoms with Crippen molar-refractivity contribution in [1.82, 2.24) is 0 Å². The first-order chi connectivity index (χ1) is 7.99. The Morgan fingerprint density at radius 1 is 1.47 bits per heavy atom. The zero-order valence-electron chi connectivity index (χ0n) is 9.34. The lowest BCUT2D eigenvalue weighted by atomic mass is 9.96. The van der Waals surface area contributed by atoms with Gasteiger partial charge in [-0.3, -0.25) is 10.1 Å². The molecular weight excluding hydrogens is 246 g/mol. The number of rotatable bonds is 5. The van der Waals surface area contributed by atoms with E-state index in [2.05, 4.69) is 0 Å². The first-order valence-electron chi connectivity index (χ1n) is 5.15. The van der Waals surface area contributed by atoms with Crippen molar-refractivity contribution < 1.29 is 15.1 Å². The molecule has 1 aromatic rings. The van der Waals surface area contributed by atoms with Crippen LogP contribution in [-0.4, -0.2) is 27.1 Å². The van der Waals surface area contributed by atoms with Crippen molar-refractivity contribution in [3.63, 3.8) is 0 Å². The average Bonchev–Trinajstić information content (AvgIpc) is 2.28. The molecule has 0 radical (unpaired) electrons. The fourth-order valence-corrected chi connectivity index (χ4v) is 1.89. The summed E-state index contributed by atoms with van der Waals surface area (Å²) in [5, 5.41) is 30.4. The molecule has 0 aliphatic carbocycles. The average molecular weight is 260 g/mol. The van der Waals surface area contributed by atoms with E-state index in [1.165, 1.54) is 12.1 Å². The molecule has 2 N–H and O–H groups in total. The van der Waals surface area contributed by atoms with Crippen LogP contribution < -0.4 is 0 Å². The number of aliphatic hydroxyl groups excluding tert-OH is 2. The van der Waals surface area contributed by atoms with E-state index in [4.69, 9.17) is 11.6 Å². The molecule has 1 rings (SSSR count). The summed E-state index contributed by atoms with van der Waals surface area (Å²) in [6.07, 6.45) is -2.23. The van der Waals surface area contributed by atoms with Crippen LogP contribution in [0.4, 0.5) is 5.69 Å². The van der Waals surface area contributed by atoms with Gasteiger partial charge in [-0.15, -0.1) is 11.6 Å². The second-order valence-corrected chi connectivity index (χ2v) is 4.13. The highest BCUT2D eigenvalue weighted by Crippen LogP contribution is 2.31. The smallest absolute Gasteiger partial charge is 0.275 e. The molecule has 0 saturated heterocycles. The third kappa shape index (κ3) is 3.15. The number of nitrogens with zero attached hydrogens (tertiary/aromatic N) is 1. The molecular formula is C11H14ClNO4. The van der Waals surface area contributed by atoms with Crippen LogP contribution >= 0.6 is 11.6 Å². The minimum atomic E-state index is -1.30. The largest absolute Gasteiger partial charge is 0.390 e. The van der Waals surface area contributed by atoms with Gasteiger partial charge in [-0.1, -0.05) is 12.1 Å². The first-order valence-corrected chi connectivity index (χ1v) is 5.68. The number of nitro benzene ring substituents is 1. The lowest BCUT2D eigenvalue weighted by molar-refractivity contribution is -0.386. The third-order valence-electron chi connectivity index (χ3n) is 2.56.